The highest BCUT2D eigenvalue weighted by Gasteiger charge is 2.28. The maximum Gasteiger partial charge on any atom is 0.246 e. The van der Waals surface area contributed by atoms with Gasteiger partial charge in [0.05, 0.1) is 0 Å². The van der Waals surface area contributed by atoms with E-state index in [-0.39, 0.29) is 17.9 Å². The summed E-state index contributed by atoms with van der Waals surface area (Å²) in [4.78, 5) is 26.2. The van der Waals surface area contributed by atoms with Crippen LogP contribution < -0.4 is 16.0 Å². The van der Waals surface area contributed by atoms with Crippen LogP contribution in [0.3, 0.4) is 0 Å². The smallest absolute Gasteiger partial charge is 0.246 e. The van der Waals surface area contributed by atoms with E-state index in [1.54, 1.807) is 44.6 Å². The number of carbonyl (C=O) groups is 2. The van der Waals surface area contributed by atoms with Crippen molar-refractivity contribution in [2.45, 2.75) is 38.5 Å². The van der Waals surface area contributed by atoms with E-state index in [2.05, 4.69) is 16.0 Å². The molecule has 33 heavy (non-hydrogen) atoms. The largest absolute Gasteiger partial charge is 0.490 e. The first-order chi connectivity index (χ1) is 15.9. The zero-order valence-electron chi connectivity index (χ0n) is 18.9. The molecule has 3 rings (SSSR count). The van der Waals surface area contributed by atoms with E-state index < -0.39 is 6.04 Å². The summed E-state index contributed by atoms with van der Waals surface area (Å²) in [7, 11) is 1.76. The fourth-order valence-electron chi connectivity index (χ4n) is 3.74. The molecule has 0 aliphatic carbocycles. The molecule has 4 N–H and O–H groups in total. The molecular formula is C24H30ClN5O3. The van der Waals surface area contributed by atoms with Crippen molar-refractivity contribution in [1.29, 1.82) is 5.41 Å². The van der Waals surface area contributed by atoms with E-state index in [1.165, 1.54) is 6.21 Å². The van der Waals surface area contributed by atoms with Gasteiger partial charge >= 0.3 is 0 Å². The molecule has 9 heteroatoms. The first kappa shape index (κ1) is 24.4. The van der Waals surface area contributed by atoms with Gasteiger partial charge in [-0.15, -0.1) is 0 Å². The Morgan fingerprint density at radius 3 is 2.58 bits per heavy atom. The molecule has 1 fully saturated rings. The average molecular weight is 472 g/mol. The molecule has 1 aromatic carbocycles. The minimum Gasteiger partial charge on any atom is -0.490 e. The van der Waals surface area contributed by atoms with E-state index in [1.807, 2.05) is 17.0 Å². The van der Waals surface area contributed by atoms with Gasteiger partial charge in [0.1, 0.15) is 17.9 Å². The molecule has 1 saturated heterocycles. The third-order valence-electron chi connectivity index (χ3n) is 5.60. The van der Waals surface area contributed by atoms with E-state index in [0.717, 1.165) is 5.56 Å². The molecular weight excluding hydrogens is 442 g/mol. The number of amides is 2. The standard InChI is InChI=1S/C24H30ClN5O3/c1-16(31)30-9-7-20(8-10-30)33-23-11-22(28-15-21(23)18(12-26)14-27-2)24(32)29-13-17-3-5-19(25)6-4-17/h3-6,11-12,14-15,20,22,26-28H,7-10,13H2,1-2H3,(H,29,32)/b18-14+,26-12?. The fourth-order valence-corrected chi connectivity index (χ4v) is 3.86. The van der Waals surface area contributed by atoms with Crippen molar-refractivity contribution in [3.63, 3.8) is 0 Å². The number of carbonyl (C=O) groups excluding carboxylic acids is 2. The number of dihydropyridines is 1. The van der Waals surface area contributed by atoms with Gasteiger partial charge in [-0.25, -0.2) is 0 Å². The Balaban J connectivity index is 1.71. The van der Waals surface area contributed by atoms with Crippen LogP contribution in [0.1, 0.15) is 25.3 Å². The monoisotopic (exact) mass is 471 g/mol. The van der Waals surface area contributed by atoms with E-state index in [4.69, 9.17) is 21.7 Å². The molecule has 0 radical (unpaired) electrons. The SMILES string of the molecule is CN/C=C(\C=N)C1=CNC(C(=O)NCc2ccc(Cl)cc2)C=C1OC1CCN(C(C)=O)CC1. The molecule has 0 spiro atoms. The van der Waals surface area contributed by atoms with Gasteiger partial charge in [-0.3, -0.25) is 9.59 Å². The predicted molar refractivity (Wildman–Crippen MR) is 129 cm³/mol. The fraction of sp³-hybridized carbons (Fsp3) is 0.375. The number of benzene rings is 1. The molecule has 0 bridgehead atoms. The average Bonchev–Trinajstić information content (AvgIpc) is 2.82. The minimum atomic E-state index is -0.616. The summed E-state index contributed by atoms with van der Waals surface area (Å²) in [6.07, 6.45) is 7.74. The topological polar surface area (TPSA) is 107 Å². The van der Waals surface area contributed by atoms with Crippen molar-refractivity contribution in [3.05, 3.63) is 70.2 Å². The summed E-state index contributed by atoms with van der Waals surface area (Å²) < 4.78 is 6.31. The van der Waals surface area contributed by atoms with E-state index in [9.17, 15) is 9.59 Å². The van der Waals surface area contributed by atoms with Crippen molar-refractivity contribution in [2.24, 2.45) is 0 Å². The zero-order valence-corrected chi connectivity index (χ0v) is 19.6. The summed E-state index contributed by atoms with van der Waals surface area (Å²) in [6, 6.07) is 6.69. The van der Waals surface area contributed by atoms with Crippen LogP contribution in [0, 0.1) is 5.41 Å². The number of likely N-dealkylation sites (tertiary alicyclic amines) is 1. The van der Waals surface area contributed by atoms with Crippen LogP contribution in [0.2, 0.25) is 5.02 Å². The van der Waals surface area contributed by atoms with Crippen molar-refractivity contribution in [3.8, 4) is 0 Å². The Bertz CT molecular complexity index is 963. The normalized spacial score (nSPS) is 19.1. The third-order valence-corrected chi connectivity index (χ3v) is 5.85. The van der Waals surface area contributed by atoms with Gasteiger partial charge in [-0.05, 0) is 23.8 Å². The molecule has 2 aliphatic rings. The van der Waals surface area contributed by atoms with Crippen LogP contribution in [-0.4, -0.2) is 55.2 Å². The van der Waals surface area contributed by atoms with Gasteiger partial charge in [0, 0.05) is 81.2 Å². The number of hydrogen-bond acceptors (Lipinski definition) is 6. The predicted octanol–water partition coefficient (Wildman–Crippen LogP) is 2.48. The highest BCUT2D eigenvalue weighted by atomic mass is 35.5. The number of halogens is 1. The van der Waals surface area contributed by atoms with Gasteiger partial charge in [0.15, 0.2) is 0 Å². The molecule has 1 unspecified atom stereocenters. The van der Waals surface area contributed by atoms with E-state index in [0.29, 0.717) is 54.4 Å². The highest BCUT2D eigenvalue weighted by Crippen LogP contribution is 2.27. The Morgan fingerprint density at radius 1 is 1.27 bits per heavy atom. The Morgan fingerprint density at radius 2 is 1.97 bits per heavy atom. The summed E-state index contributed by atoms with van der Waals surface area (Å²) in [5.41, 5.74) is 2.26. The second-order valence-corrected chi connectivity index (χ2v) is 8.37. The Hall–Kier alpha value is -3.26. The molecule has 1 aromatic rings. The maximum absolute atomic E-state index is 12.8. The Labute approximate surface area is 199 Å². The van der Waals surface area contributed by atoms with Crippen molar-refractivity contribution >= 4 is 29.6 Å². The third kappa shape index (κ3) is 6.61. The molecule has 2 heterocycles. The molecule has 0 saturated carbocycles. The van der Waals surface area contributed by atoms with Crippen LogP contribution in [0.5, 0.6) is 0 Å². The number of nitrogens with one attached hydrogen (secondary N) is 4. The molecule has 176 valence electrons. The summed E-state index contributed by atoms with van der Waals surface area (Å²) in [6.45, 7) is 3.23. The lowest BCUT2D eigenvalue weighted by molar-refractivity contribution is -0.131. The van der Waals surface area contributed by atoms with E-state index >= 15 is 0 Å². The van der Waals surface area contributed by atoms with Gasteiger partial charge < -0.3 is 31.0 Å². The lowest BCUT2D eigenvalue weighted by Gasteiger charge is -2.33. The van der Waals surface area contributed by atoms with Crippen LogP contribution in [0.25, 0.3) is 0 Å². The van der Waals surface area contributed by atoms with Crippen LogP contribution in [0.4, 0.5) is 0 Å². The minimum absolute atomic E-state index is 0.0654. The molecule has 0 aromatic heterocycles. The van der Waals surface area contributed by atoms with Crippen molar-refractivity contribution < 1.29 is 14.3 Å². The second-order valence-electron chi connectivity index (χ2n) is 7.93. The maximum atomic E-state index is 12.8. The highest BCUT2D eigenvalue weighted by molar-refractivity contribution is 6.30. The van der Waals surface area contributed by atoms with Crippen molar-refractivity contribution in [1.82, 2.24) is 20.9 Å². The number of rotatable bonds is 8. The first-order valence-electron chi connectivity index (χ1n) is 10.9. The summed E-state index contributed by atoms with van der Waals surface area (Å²) in [5.74, 6) is 0.420. The summed E-state index contributed by atoms with van der Waals surface area (Å²) in [5, 5.41) is 17.4. The second kappa shape index (κ2) is 11.6. The van der Waals surface area contributed by atoms with Gasteiger partial charge in [0.25, 0.3) is 0 Å². The van der Waals surface area contributed by atoms with Crippen LogP contribution in [0.15, 0.2) is 59.6 Å². The summed E-state index contributed by atoms with van der Waals surface area (Å²) >= 11 is 5.92. The van der Waals surface area contributed by atoms with Crippen LogP contribution >= 0.6 is 11.6 Å². The quantitative estimate of drug-likeness (QED) is 0.436. The number of nitrogens with zero attached hydrogens (tertiary/aromatic N) is 1. The molecule has 1 atom stereocenters. The number of piperidine rings is 1. The zero-order chi connectivity index (χ0) is 23.8. The number of allylic oxidation sites excluding steroid dienone is 1. The Kier molecular flexibility index (Phi) is 8.54. The molecule has 8 nitrogen and oxygen atoms in total. The van der Waals surface area contributed by atoms with Gasteiger partial charge in [-0.2, -0.15) is 0 Å². The molecule has 2 aliphatic heterocycles. The number of ether oxygens (including phenoxy) is 1. The van der Waals surface area contributed by atoms with Gasteiger partial charge in [-0.1, -0.05) is 23.7 Å². The number of hydrogen-bond donors (Lipinski definition) is 4. The molecule has 2 amide bonds. The van der Waals surface area contributed by atoms with Crippen molar-refractivity contribution in [2.75, 3.05) is 20.1 Å². The first-order valence-corrected chi connectivity index (χ1v) is 11.3. The van der Waals surface area contributed by atoms with Crippen LogP contribution in [-0.2, 0) is 20.9 Å². The van der Waals surface area contributed by atoms with Gasteiger partial charge in [0.2, 0.25) is 11.8 Å². The lowest BCUT2D eigenvalue weighted by atomic mass is 10.0. The lowest BCUT2D eigenvalue weighted by Crippen LogP contribution is -2.43.